The van der Waals surface area contributed by atoms with E-state index in [9.17, 15) is 30.6 Å². The minimum Gasteiger partial charge on any atom is -0.396 e. The number of hydrogen-bond acceptors (Lipinski definition) is 12. The third kappa shape index (κ3) is 7.51. The van der Waals surface area contributed by atoms with E-state index >= 15 is 0 Å². The molecule has 0 aliphatic rings. The van der Waals surface area contributed by atoms with Crippen molar-refractivity contribution in [1.82, 2.24) is 0 Å². The van der Waals surface area contributed by atoms with Crippen molar-refractivity contribution in [3.8, 4) is 48.8 Å². The van der Waals surface area contributed by atoms with Gasteiger partial charge in [-0.1, -0.05) is 0 Å². The largest absolute Gasteiger partial charge is 0.396 e. The second-order valence-corrected chi connectivity index (χ2v) is 17.3. The van der Waals surface area contributed by atoms with Crippen molar-refractivity contribution in [2.75, 3.05) is 39.6 Å². The van der Waals surface area contributed by atoms with Crippen LogP contribution in [0.1, 0.15) is 33.4 Å². The van der Waals surface area contributed by atoms with Gasteiger partial charge < -0.3 is 30.6 Å². The first-order valence-corrected chi connectivity index (χ1v) is 20.9. The molecule has 0 fully saturated rings. The Kier molecular flexibility index (Phi) is 12.5. The molecule has 0 spiro atoms. The molecule has 0 bridgehead atoms. The first-order valence-electron chi connectivity index (χ1n) is 15.8. The van der Waals surface area contributed by atoms with Gasteiger partial charge in [-0.15, -0.1) is 68.0 Å². The summed E-state index contributed by atoms with van der Waals surface area (Å²) in [6, 6.07) is 12.9. The highest BCUT2D eigenvalue weighted by Crippen LogP contribution is 2.51. The number of aliphatic hydroxyl groups excluding tert-OH is 6. The maximum atomic E-state index is 10.1. The molecule has 254 valence electrons. The zero-order valence-electron chi connectivity index (χ0n) is 26.2. The van der Waals surface area contributed by atoms with E-state index in [0.717, 1.165) is 82.2 Å². The zero-order chi connectivity index (χ0) is 33.6. The highest BCUT2D eigenvalue weighted by Gasteiger charge is 2.23. The van der Waals surface area contributed by atoms with Crippen molar-refractivity contribution < 1.29 is 30.6 Å². The normalized spacial score (nSPS) is 11.7. The SMILES string of the molecule is OCCc1ccsc1-c1sc(-c2cc(CCO)c(-c3sc(-c4cc(CCO)c(-c5sccc5CCO)s4)cc3CCO)s2)cc1CCO. The lowest BCUT2D eigenvalue weighted by Crippen LogP contribution is -1.93. The maximum Gasteiger partial charge on any atom is 0.0485 e. The summed E-state index contributed by atoms with van der Waals surface area (Å²) in [6.45, 7) is 0.331. The van der Waals surface area contributed by atoms with E-state index in [2.05, 4.69) is 47.2 Å². The highest BCUT2D eigenvalue weighted by molar-refractivity contribution is 7.30. The summed E-state index contributed by atoms with van der Waals surface area (Å²) < 4.78 is 0. The molecule has 6 N–H and O–H groups in total. The van der Waals surface area contributed by atoms with Crippen molar-refractivity contribution in [3.63, 3.8) is 0 Å². The number of thiophene rings is 6. The van der Waals surface area contributed by atoms with Gasteiger partial charge in [-0.2, -0.15) is 0 Å². The predicted molar refractivity (Wildman–Crippen MR) is 206 cm³/mol. The molecular formula is C36H38O6S6. The Labute approximate surface area is 304 Å². The summed E-state index contributed by atoms with van der Waals surface area (Å²) in [7, 11) is 0. The fourth-order valence-electron chi connectivity index (χ4n) is 5.90. The fourth-order valence-corrected chi connectivity index (χ4v) is 13.4. The van der Waals surface area contributed by atoms with E-state index in [1.54, 1.807) is 68.0 Å². The Bertz CT molecular complexity index is 1800. The molecule has 0 saturated heterocycles. The second kappa shape index (κ2) is 16.8. The molecule has 0 saturated carbocycles. The van der Waals surface area contributed by atoms with E-state index < -0.39 is 0 Å². The van der Waals surface area contributed by atoms with Crippen molar-refractivity contribution in [2.24, 2.45) is 0 Å². The molecule has 0 aromatic carbocycles. The second-order valence-electron chi connectivity index (χ2n) is 11.3. The topological polar surface area (TPSA) is 121 Å². The highest BCUT2D eigenvalue weighted by atomic mass is 32.1. The third-order valence-corrected chi connectivity index (χ3v) is 15.6. The molecule has 12 heteroatoms. The fraction of sp³-hybridized carbons (Fsp3) is 0.333. The van der Waals surface area contributed by atoms with Crippen molar-refractivity contribution in [3.05, 3.63) is 80.5 Å². The van der Waals surface area contributed by atoms with Crippen LogP contribution in [0.2, 0.25) is 0 Å². The molecule has 6 aromatic rings. The van der Waals surface area contributed by atoms with Gasteiger partial charge in [-0.05, 0) is 119 Å². The quantitative estimate of drug-likeness (QED) is 0.0570. The lowest BCUT2D eigenvalue weighted by molar-refractivity contribution is 0.299. The summed E-state index contributed by atoms with van der Waals surface area (Å²) in [4.78, 5) is 11.2. The van der Waals surface area contributed by atoms with Gasteiger partial charge in [0.2, 0.25) is 0 Å². The van der Waals surface area contributed by atoms with E-state index in [4.69, 9.17) is 0 Å². The molecule has 6 heterocycles. The van der Waals surface area contributed by atoms with E-state index in [1.165, 1.54) is 0 Å². The lowest BCUT2D eigenvalue weighted by Gasteiger charge is -2.03. The summed E-state index contributed by atoms with van der Waals surface area (Å²) in [5, 5.41) is 63.3. The van der Waals surface area contributed by atoms with E-state index in [-0.39, 0.29) is 39.6 Å². The van der Waals surface area contributed by atoms with Gasteiger partial charge in [0.15, 0.2) is 0 Å². The van der Waals surface area contributed by atoms with Crippen LogP contribution in [0.15, 0.2) is 47.2 Å². The van der Waals surface area contributed by atoms with Crippen LogP contribution in [0.25, 0.3) is 48.8 Å². The molecule has 6 nitrogen and oxygen atoms in total. The van der Waals surface area contributed by atoms with Gasteiger partial charge in [0, 0.05) is 88.4 Å². The minimum absolute atomic E-state index is 0.0255. The van der Waals surface area contributed by atoms with Crippen molar-refractivity contribution >= 4 is 68.0 Å². The minimum atomic E-state index is 0.0255. The average molecular weight is 759 g/mol. The standard InChI is InChI=1S/C36H38O6S6/c37-9-1-21-7-15-43-31(21)33-23(3-11-39)17-27(45-33)29-19-25(5-13-41)35(47-29)36-26(6-14-42)20-30(48-36)28-18-24(4-12-40)34(46-28)32-22(2-10-38)8-16-44-32/h7-8,15-20,37-42H,1-6,9-14H2. The molecule has 6 rings (SSSR count). The molecule has 0 atom stereocenters. The van der Waals surface area contributed by atoms with Gasteiger partial charge in [0.1, 0.15) is 0 Å². The van der Waals surface area contributed by atoms with Crippen LogP contribution < -0.4 is 0 Å². The first kappa shape index (κ1) is 35.8. The third-order valence-electron chi connectivity index (χ3n) is 8.12. The summed E-state index contributed by atoms with van der Waals surface area (Å²) in [5.74, 6) is 0. The molecule has 0 aliphatic carbocycles. The lowest BCUT2D eigenvalue weighted by atomic mass is 10.1. The summed E-state index contributed by atoms with van der Waals surface area (Å²) in [5.41, 5.74) is 6.56. The Morgan fingerprint density at radius 2 is 0.583 bits per heavy atom. The maximum absolute atomic E-state index is 10.1. The summed E-state index contributed by atoms with van der Waals surface area (Å²) in [6.07, 6.45) is 3.31. The van der Waals surface area contributed by atoms with E-state index in [1.807, 2.05) is 0 Å². The van der Waals surface area contributed by atoms with Crippen molar-refractivity contribution in [2.45, 2.75) is 38.5 Å². The Morgan fingerprint density at radius 1 is 0.333 bits per heavy atom. The number of rotatable bonds is 17. The monoisotopic (exact) mass is 758 g/mol. The Hall–Kier alpha value is -2.04. The van der Waals surface area contributed by atoms with E-state index in [0.29, 0.717) is 38.5 Å². The Balaban J connectivity index is 1.42. The average Bonchev–Trinajstić information content (AvgIpc) is 3.91. The summed E-state index contributed by atoms with van der Waals surface area (Å²) >= 11 is 10.2. The van der Waals surface area contributed by atoms with Crippen LogP contribution in [-0.4, -0.2) is 70.3 Å². The van der Waals surface area contributed by atoms with Crippen LogP contribution in [0.4, 0.5) is 0 Å². The van der Waals surface area contributed by atoms with Gasteiger partial charge in [0.25, 0.3) is 0 Å². The van der Waals surface area contributed by atoms with Crippen LogP contribution in [0.5, 0.6) is 0 Å². The molecule has 0 radical (unpaired) electrons. The molecule has 0 aliphatic heterocycles. The van der Waals surface area contributed by atoms with Gasteiger partial charge in [-0.3, -0.25) is 0 Å². The van der Waals surface area contributed by atoms with Crippen LogP contribution >= 0.6 is 68.0 Å². The van der Waals surface area contributed by atoms with Crippen molar-refractivity contribution in [1.29, 1.82) is 0 Å². The molecule has 0 amide bonds. The first-order chi connectivity index (χ1) is 23.5. The van der Waals surface area contributed by atoms with Crippen LogP contribution in [0, 0.1) is 0 Å². The molecule has 48 heavy (non-hydrogen) atoms. The van der Waals surface area contributed by atoms with Crippen LogP contribution in [0.3, 0.4) is 0 Å². The smallest absolute Gasteiger partial charge is 0.0485 e. The molecular weight excluding hydrogens is 721 g/mol. The van der Waals surface area contributed by atoms with Crippen LogP contribution in [-0.2, 0) is 38.5 Å². The number of hydrogen-bond donors (Lipinski definition) is 6. The zero-order valence-corrected chi connectivity index (χ0v) is 31.1. The van der Waals surface area contributed by atoms with Gasteiger partial charge >= 0.3 is 0 Å². The molecule has 0 unspecified atom stereocenters. The Morgan fingerprint density at radius 3 is 0.854 bits per heavy atom. The van der Waals surface area contributed by atoms with Gasteiger partial charge in [0.05, 0.1) is 0 Å². The molecule has 6 aromatic heterocycles. The van der Waals surface area contributed by atoms with Gasteiger partial charge in [-0.25, -0.2) is 0 Å². The number of aliphatic hydroxyl groups is 6. The predicted octanol–water partition coefficient (Wildman–Crippen LogP) is 7.60.